The average molecular weight is 338 g/mol. The van der Waals surface area contributed by atoms with Crippen molar-refractivity contribution in [2.45, 2.75) is 20.3 Å². The number of hydrogen-bond acceptors (Lipinski definition) is 3. The van der Waals surface area contributed by atoms with Gasteiger partial charge in [-0.3, -0.25) is 0 Å². The van der Waals surface area contributed by atoms with E-state index in [0.717, 1.165) is 22.4 Å². The highest BCUT2D eigenvalue weighted by Crippen LogP contribution is 2.24. The standard InChI is InChI=1S/C20H19FN2O2/c1-13-14(2)19(21)18(20(24)25-3)12-16(13)11-15-5-7-17(8-6-15)23-10-4-9-22-23/h4-10,12H,11H2,1-3H3. The molecule has 0 spiro atoms. The van der Waals surface area contributed by atoms with Crippen LogP contribution < -0.4 is 0 Å². The van der Waals surface area contributed by atoms with Gasteiger partial charge in [0.15, 0.2) is 0 Å². The van der Waals surface area contributed by atoms with Crippen molar-refractivity contribution >= 4 is 5.97 Å². The van der Waals surface area contributed by atoms with Gasteiger partial charge in [0.2, 0.25) is 0 Å². The Labute approximate surface area is 145 Å². The molecule has 1 aromatic heterocycles. The van der Waals surface area contributed by atoms with Gasteiger partial charge in [-0.25, -0.2) is 13.9 Å². The second-order valence-corrected chi connectivity index (χ2v) is 5.93. The highest BCUT2D eigenvalue weighted by Gasteiger charge is 2.18. The van der Waals surface area contributed by atoms with Crippen LogP contribution in [-0.4, -0.2) is 22.9 Å². The molecule has 5 heteroatoms. The summed E-state index contributed by atoms with van der Waals surface area (Å²) in [4.78, 5) is 11.8. The molecule has 0 saturated carbocycles. The van der Waals surface area contributed by atoms with Crippen molar-refractivity contribution in [1.82, 2.24) is 9.78 Å². The van der Waals surface area contributed by atoms with Crippen molar-refractivity contribution in [1.29, 1.82) is 0 Å². The number of aromatic nitrogens is 2. The second kappa shape index (κ2) is 6.89. The zero-order chi connectivity index (χ0) is 18.0. The molecule has 128 valence electrons. The van der Waals surface area contributed by atoms with E-state index in [0.29, 0.717) is 12.0 Å². The van der Waals surface area contributed by atoms with Gasteiger partial charge in [-0.15, -0.1) is 0 Å². The number of rotatable bonds is 4. The van der Waals surface area contributed by atoms with Crippen LogP contribution in [0.1, 0.15) is 32.6 Å². The van der Waals surface area contributed by atoms with Crippen molar-refractivity contribution in [2.75, 3.05) is 7.11 Å². The molecule has 0 aliphatic heterocycles. The predicted octanol–water partition coefficient (Wildman–Crippen LogP) is 4.01. The Bertz CT molecular complexity index is 900. The number of nitrogens with zero attached hydrogens (tertiary/aromatic N) is 2. The number of carbonyl (C=O) groups is 1. The van der Waals surface area contributed by atoms with Gasteiger partial charge in [-0.05, 0) is 66.8 Å². The van der Waals surface area contributed by atoms with Crippen LogP contribution >= 0.6 is 0 Å². The van der Waals surface area contributed by atoms with Crippen LogP contribution in [0.2, 0.25) is 0 Å². The molecule has 0 fully saturated rings. The van der Waals surface area contributed by atoms with E-state index in [9.17, 15) is 9.18 Å². The first-order chi connectivity index (χ1) is 12.0. The SMILES string of the molecule is COC(=O)c1cc(Cc2ccc(-n3cccn3)cc2)c(C)c(C)c1F. The minimum Gasteiger partial charge on any atom is -0.465 e. The van der Waals surface area contributed by atoms with E-state index in [4.69, 9.17) is 0 Å². The molecule has 4 nitrogen and oxygen atoms in total. The van der Waals surface area contributed by atoms with Crippen LogP contribution in [0.15, 0.2) is 48.8 Å². The van der Waals surface area contributed by atoms with E-state index in [-0.39, 0.29) is 5.56 Å². The normalized spacial score (nSPS) is 10.7. The van der Waals surface area contributed by atoms with Crippen LogP contribution in [0, 0.1) is 19.7 Å². The third-order valence-corrected chi connectivity index (χ3v) is 4.43. The summed E-state index contributed by atoms with van der Waals surface area (Å²) in [6.45, 7) is 3.55. The van der Waals surface area contributed by atoms with Crippen LogP contribution in [0.25, 0.3) is 5.69 Å². The number of halogens is 1. The number of ether oxygens (including phenoxy) is 1. The molecule has 1 heterocycles. The van der Waals surface area contributed by atoms with Gasteiger partial charge >= 0.3 is 5.97 Å². The molecule has 0 bridgehead atoms. The number of methoxy groups -OCH3 is 1. The maximum Gasteiger partial charge on any atom is 0.340 e. The first-order valence-electron chi connectivity index (χ1n) is 7.97. The van der Waals surface area contributed by atoms with Crippen molar-refractivity contribution in [3.8, 4) is 5.69 Å². The zero-order valence-electron chi connectivity index (χ0n) is 14.4. The van der Waals surface area contributed by atoms with Gasteiger partial charge in [0.25, 0.3) is 0 Å². The predicted molar refractivity (Wildman–Crippen MR) is 93.6 cm³/mol. The topological polar surface area (TPSA) is 44.1 Å². The van der Waals surface area contributed by atoms with E-state index in [1.807, 2.05) is 43.5 Å². The summed E-state index contributed by atoms with van der Waals surface area (Å²) >= 11 is 0. The Balaban J connectivity index is 1.92. The van der Waals surface area contributed by atoms with E-state index in [2.05, 4.69) is 9.84 Å². The minimum atomic E-state index is -0.657. The zero-order valence-corrected chi connectivity index (χ0v) is 14.4. The van der Waals surface area contributed by atoms with Gasteiger partial charge < -0.3 is 4.74 Å². The number of carbonyl (C=O) groups excluding carboxylic acids is 1. The molecule has 0 radical (unpaired) electrons. The molecule has 3 rings (SSSR count). The summed E-state index contributed by atoms with van der Waals surface area (Å²) in [6.07, 6.45) is 4.22. The Kier molecular flexibility index (Phi) is 4.65. The molecule has 0 aliphatic rings. The Morgan fingerprint density at radius 3 is 2.52 bits per heavy atom. The largest absolute Gasteiger partial charge is 0.465 e. The van der Waals surface area contributed by atoms with Crippen LogP contribution in [0.5, 0.6) is 0 Å². The van der Waals surface area contributed by atoms with Crippen molar-refractivity contribution in [2.24, 2.45) is 0 Å². The second-order valence-electron chi connectivity index (χ2n) is 5.93. The summed E-state index contributed by atoms with van der Waals surface area (Å²) < 4.78 is 20.8. The lowest BCUT2D eigenvalue weighted by Gasteiger charge is -2.13. The van der Waals surface area contributed by atoms with Crippen molar-refractivity contribution in [3.63, 3.8) is 0 Å². The molecule has 3 aromatic rings. The number of benzene rings is 2. The molecule has 0 saturated heterocycles. The quantitative estimate of drug-likeness (QED) is 0.675. The molecular weight excluding hydrogens is 319 g/mol. The maximum absolute atomic E-state index is 14.3. The Morgan fingerprint density at radius 2 is 1.92 bits per heavy atom. The van der Waals surface area contributed by atoms with E-state index in [1.54, 1.807) is 23.9 Å². The van der Waals surface area contributed by atoms with Gasteiger partial charge in [-0.1, -0.05) is 12.1 Å². The monoisotopic (exact) mass is 338 g/mol. The van der Waals surface area contributed by atoms with E-state index >= 15 is 0 Å². The first kappa shape index (κ1) is 16.9. The summed E-state index contributed by atoms with van der Waals surface area (Å²) in [6, 6.07) is 11.4. The van der Waals surface area contributed by atoms with Gasteiger partial charge in [0, 0.05) is 12.4 Å². The van der Waals surface area contributed by atoms with Gasteiger partial charge in [-0.2, -0.15) is 5.10 Å². The third kappa shape index (κ3) is 3.31. The van der Waals surface area contributed by atoms with Gasteiger partial charge in [0.05, 0.1) is 18.4 Å². The van der Waals surface area contributed by atoms with Crippen LogP contribution in [0.3, 0.4) is 0 Å². The molecular formula is C20H19FN2O2. The summed E-state index contributed by atoms with van der Waals surface area (Å²) in [5.41, 5.74) is 4.25. The van der Waals surface area contributed by atoms with Gasteiger partial charge in [0.1, 0.15) is 5.82 Å². The number of hydrogen-bond donors (Lipinski definition) is 0. The maximum atomic E-state index is 14.3. The highest BCUT2D eigenvalue weighted by atomic mass is 19.1. The molecule has 0 N–H and O–H groups in total. The van der Waals surface area contributed by atoms with E-state index < -0.39 is 11.8 Å². The lowest BCUT2D eigenvalue weighted by molar-refractivity contribution is 0.0595. The smallest absolute Gasteiger partial charge is 0.340 e. The van der Waals surface area contributed by atoms with Crippen molar-refractivity contribution in [3.05, 3.63) is 82.4 Å². The number of esters is 1. The molecule has 0 aliphatic carbocycles. The summed E-state index contributed by atoms with van der Waals surface area (Å²) in [5, 5.41) is 4.20. The minimum absolute atomic E-state index is 0.0197. The highest BCUT2D eigenvalue weighted by molar-refractivity contribution is 5.90. The molecule has 0 unspecified atom stereocenters. The third-order valence-electron chi connectivity index (χ3n) is 4.43. The molecule has 0 amide bonds. The fourth-order valence-electron chi connectivity index (χ4n) is 2.80. The Morgan fingerprint density at radius 1 is 1.20 bits per heavy atom. The molecule has 25 heavy (non-hydrogen) atoms. The van der Waals surface area contributed by atoms with Crippen molar-refractivity contribution < 1.29 is 13.9 Å². The lowest BCUT2D eigenvalue weighted by Crippen LogP contribution is -2.09. The first-order valence-corrected chi connectivity index (χ1v) is 7.97. The fourth-order valence-corrected chi connectivity index (χ4v) is 2.80. The molecule has 2 aromatic carbocycles. The van der Waals surface area contributed by atoms with Crippen LogP contribution in [-0.2, 0) is 11.2 Å². The van der Waals surface area contributed by atoms with Crippen LogP contribution in [0.4, 0.5) is 4.39 Å². The summed E-state index contributed by atoms with van der Waals surface area (Å²) in [7, 11) is 1.25. The fraction of sp³-hybridized carbons (Fsp3) is 0.200. The van der Waals surface area contributed by atoms with E-state index in [1.165, 1.54) is 7.11 Å². The molecule has 0 atom stereocenters. The Hall–Kier alpha value is -2.95. The summed E-state index contributed by atoms with van der Waals surface area (Å²) in [5.74, 6) is -1.17. The lowest BCUT2D eigenvalue weighted by atomic mass is 9.94. The average Bonchev–Trinajstić information content (AvgIpc) is 3.17.